The van der Waals surface area contributed by atoms with Crippen LogP contribution in [0.25, 0.3) is 6.08 Å². The first-order valence-corrected chi connectivity index (χ1v) is 4.50. The van der Waals surface area contributed by atoms with Gasteiger partial charge in [-0.15, -0.1) is 0 Å². The Kier molecular flexibility index (Phi) is 1.94. The predicted octanol–water partition coefficient (Wildman–Crippen LogP) is 0.912. The molecule has 2 heteroatoms. The van der Waals surface area contributed by atoms with Crippen LogP contribution in [0.15, 0.2) is 30.3 Å². The number of hydrogen-bond acceptors (Lipinski definition) is 2. The Balaban J connectivity index is 2.39. The largest absolute Gasteiger partial charge is 0.328 e. The molecular weight excluding hydrogens is 160 g/mol. The molecule has 0 fully saturated rings. The highest BCUT2D eigenvalue weighted by Gasteiger charge is 2.24. The van der Waals surface area contributed by atoms with Crippen molar-refractivity contribution in [1.29, 1.82) is 0 Å². The Morgan fingerprint density at radius 2 is 2.08 bits per heavy atom. The topological polar surface area (TPSA) is 52.0 Å². The second-order valence-corrected chi connectivity index (χ2v) is 3.65. The summed E-state index contributed by atoms with van der Waals surface area (Å²) in [6.45, 7) is 0.498. The van der Waals surface area contributed by atoms with E-state index in [1.807, 2.05) is 18.2 Å². The molecule has 0 aliphatic heterocycles. The zero-order valence-electron chi connectivity index (χ0n) is 7.53. The minimum Gasteiger partial charge on any atom is -0.328 e. The highest BCUT2D eigenvalue weighted by atomic mass is 14.8. The van der Waals surface area contributed by atoms with Gasteiger partial charge in [-0.2, -0.15) is 0 Å². The SMILES string of the molecule is NCC1(N)C=Cc2ccccc2C1. The fourth-order valence-corrected chi connectivity index (χ4v) is 1.67. The van der Waals surface area contributed by atoms with E-state index in [2.05, 4.69) is 18.2 Å². The Morgan fingerprint density at radius 1 is 1.31 bits per heavy atom. The van der Waals surface area contributed by atoms with Gasteiger partial charge in [-0.1, -0.05) is 36.4 Å². The lowest BCUT2D eigenvalue weighted by Gasteiger charge is -2.28. The summed E-state index contributed by atoms with van der Waals surface area (Å²) in [4.78, 5) is 0. The average molecular weight is 174 g/mol. The Morgan fingerprint density at radius 3 is 2.85 bits per heavy atom. The van der Waals surface area contributed by atoms with E-state index in [1.165, 1.54) is 11.1 Å². The lowest BCUT2D eigenvalue weighted by atomic mass is 9.84. The summed E-state index contributed by atoms with van der Waals surface area (Å²) in [5, 5.41) is 0. The average Bonchev–Trinajstić information content (AvgIpc) is 2.18. The second kappa shape index (κ2) is 2.98. The smallest absolute Gasteiger partial charge is 0.0507 e. The summed E-state index contributed by atoms with van der Waals surface area (Å²) in [5.41, 5.74) is 13.9. The molecule has 1 atom stereocenters. The van der Waals surface area contributed by atoms with E-state index in [4.69, 9.17) is 11.5 Å². The minimum absolute atomic E-state index is 0.339. The van der Waals surface area contributed by atoms with Gasteiger partial charge in [-0.05, 0) is 17.5 Å². The molecule has 13 heavy (non-hydrogen) atoms. The molecule has 68 valence electrons. The molecule has 4 N–H and O–H groups in total. The van der Waals surface area contributed by atoms with Gasteiger partial charge in [0.2, 0.25) is 0 Å². The van der Waals surface area contributed by atoms with Crippen molar-refractivity contribution in [2.75, 3.05) is 6.54 Å². The summed E-state index contributed by atoms with van der Waals surface area (Å²) in [6.07, 6.45) is 4.91. The first-order valence-electron chi connectivity index (χ1n) is 4.50. The van der Waals surface area contributed by atoms with Crippen LogP contribution in [-0.4, -0.2) is 12.1 Å². The third-order valence-electron chi connectivity index (χ3n) is 2.55. The molecule has 2 nitrogen and oxygen atoms in total. The molecule has 0 amide bonds. The lowest BCUT2D eigenvalue weighted by molar-refractivity contribution is 0.534. The molecule has 1 aliphatic carbocycles. The van der Waals surface area contributed by atoms with Gasteiger partial charge in [-0.3, -0.25) is 0 Å². The predicted molar refractivity (Wildman–Crippen MR) is 55.2 cm³/mol. The van der Waals surface area contributed by atoms with Crippen molar-refractivity contribution in [3.63, 3.8) is 0 Å². The van der Waals surface area contributed by atoms with Crippen molar-refractivity contribution in [2.24, 2.45) is 11.5 Å². The number of benzene rings is 1. The van der Waals surface area contributed by atoms with Crippen LogP contribution >= 0.6 is 0 Å². The van der Waals surface area contributed by atoms with E-state index in [0.717, 1.165) is 6.42 Å². The molecular formula is C11H14N2. The molecule has 0 heterocycles. The number of fused-ring (bicyclic) bond motifs is 1. The van der Waals surface area contributed by atoms with Crippen LogP contribution in [0.2, 0.25) is 0 Å². The van der Waals surface area contributed by atoms with Gasteiger partial charge in [0.05, 0.1) is 5.54 Å². The van der Waals surface area contributed by atoms with E-state index in [9.17, 15) is 0 Å². The van der Waals surface area contributed by atoms with Crippen molar-refractivity contribution >= 4 is 6.08 Å². The molecule has 1 unspecified atom stereocenters. The molecule has 1 aromatic rings. The monoisotopic (exact) mass is 174 g/mol. The van der Waals surface area contributed by atoms with Crippen molar-refractivity contribution in [3.05, 3.63) is 41.5 Å². The van der Waals surface area contributed by atoms with Gasteiger partial charge in [0.15, 0.2) is 0 Å². The first kappa shape index (κ1) is 8.48. The van der Waals surface area contributed by atoms with Gasteiger partial charge < -0.3 is 11.5 Å². The van der Waals surface area contributed by atoms with Gasteiger partial charge in [0.25, 0.3) is 0 Å². The summed E-state index contributed by atoms with van der Waals surface area (Å²) < 4.78 is 0. The van der Waals surface area contributed by atoms with E-state index in [-0.39, 0.29) is 5.54 Å². The maximum Gasteiger partial charge on any atom is 0.0507 e. The molecule has 1 aliphatic rings. The molecule has 0 aromatic heterocycles. The first-order chi connectivity index (χ1) is 6.23. The van der Waals surface area contributed by atoms with Gasteiger partial charge in [0.1, 0.15) is 0 Å². The lowest BCUT2D eigenvalue weighted by Crippen LogP contribution is -2.48. The fraction of sp³-hybridized carbons (Fsp3) is 0.273. The van der Waals surface area contributed by atoms with Crippen LogP contribution in [0.4, 0.5) is 0 Å². The molecule has 0 bridgehead atoms. The highest BCUT2D eigenvalue weighted by Crippen LogP contribution is 2.23. The van der Waals surface area contributed by atoms with Crippen LogP contribution in [0, 0.1) is 0 Å². The van der Waals surface area contributed by atoms with Crippen molar-refractivity contribution in [3.8, 4) is 0 Å². The summed E-state index contributed by atoms with van der Waals surface area (Å²) >= 11 is 0. The van der Waals surface area contributed by atoms with Crippen molar-refractivity contribution in [2.45, 2.75) is 12.0 Å². The van der Waals surface area contributed by atoms with E-state index in [1.54, 1.807) is 0 Å². The Hall–Kier alpha value is -1.12. The molecule has 0 saturated heterocycles. The van der Waals surface area contributed by atoms with Crippen LogP contribution in [0.5, 0.6) is 0 Å². The summed E-state index contributed by atoms with van der Waals surface area (Å²) in [7, 11) is 0. The minimum atomic E-state index is -0.339. The molecule has 1 aromatic carbocycles. The summed E-state index contributed by atoms with van der Waals surface area (Å²) in [5.74, 6) is 0. The van der Waals surface area contributed by atoms with Crippen molar-refractivity contribution < 1.29 is 0 Å². The van der Waals surface area contributed by atoms with E-state index in [0.29, 0.717) is 6.54 Å². The molecule has 0 radical (unpaired) electrons. The third kappa shape index (κ3) is 1.50. The van der Waals surface area contributed by atoms with Gasteiger partial charge >= 0.3 is 0 Å². The van der Waals surface area contributed by atoms with Crippen LogP contribution in [-0.2, 0) is 6.42 Å². The normalized spacial score (nSPS) is 25.7. The molecule has 0 saturated carbocycles. The van der Waals surface area contributed by atoms with Crippen LogP contribution < -0.4 is 11.5 Å². The zero-order chi connectivity index (χ0) is 9.31. The zero-order valence-corrected chi connectivity index (χ0v) is 7.53. The molecule has 0 spiro atoms. The van der Waals surface area contributed by atoms with Crippen LogP contribution in [0.1, 0.15) is 11.1 Å². The van der Waals surface area contributed by atoms with Crippen molar-refractivity contribution in [1.82, 2.24) is 0 Å². The Labute approximate surface area is 78.2 Å². The summed E-state index contributed by atoms with van der Waals surface area (Å²) in [6, 6.07) is 8.28. The number of rotatable bonds is 1. The molecule has 2 rings (SSSR count). The van der Waals surface area contributed by atoms with E-state index >= 15 is 0 Å². The number of hydrogen-bond donors (Lipinski definition) is 2. The maximum absolute atomic E-state index is 6.06. The number of nitrogens with two attached hydrogens (primary N) is 2. The standard InChI is InChI=1S/C11H14N2/c12-8-11(13)6-5-9-3-1-2-4-10(9)7-11/h1-6H,7-8,12-13H2. The third-order valence-corrected chi connectivity index (χ3v) is 2.55. The Bertz CT molecular complexity index is 344. The fourth-order valence-electron chi connectivity index (χ4n) is 1.67. The van der Waals surface area contributed by atoms with Crippen LogP contribution in [0.3, 0.4) is 0 Å². The van der Waals surface area contributed by atoms with E-state index < -0.39 is 0 Å². The highest BCUT2D eigenvalue weighted by molar-refractivity contribution is 5.59. The second-order valence-electron chi connectivity index (χ2n) is 3.65. The van der Waals surface area contributed by atoms with Gasteiger partial charge in [0, 0.05) is 6.54 Å². The maximum atomic E-state index is 6.06. The van der Waals surface area contributed by atoms with Gasteiger partial charge in [-0.25, -0.2) is 0 Å². The quantitative estimate of drug-likeness (QED) is 0.665.